The third-order valence-corrected chi connectivity index (χ3v) is 7.60. The summed E-state index contributed by atoms with van der Waals surface area (Å²) in [5, 5.41) is 23.5. The van der Waals surface area contributed by atoms with Crippen LogP contribution in [0.25, 0.3) is 21.1 Å². The first-order chi connectivity index (χ1) is 16.9. The van der Waals surface area contributed by atoms with E-state index in [9.17, 15) is 9.90 Å². The van der Waals surface area contributed by atoms with Crippen molar-refractivity contribution in [1.82, 2.24) is 20.4 Å². The Hall–Kier alpha value is -3.17. The lowest BCUT2D eigenvalue weighted by Crippen LogP contribution is -2.46. The Kier molecular flexibility index (Phi) is 6.62. The van der Waals surface area contributed by atoms with Crippen LogP contribution < -0.4 is 15.8 Å². The topological polar surface area (TPSA) is 114 Å². The first-order valence-electron chi connectivity index (χ1n) is 12.1. The molecule has 1 aromatic heterocycles. The molecule has 0 unspecified atom stereocenters. The number of carbonyl (C=O) groups is 1. The van der Waals surface area contributed by atoms with Crippen LogP contribution in [0.15, 0.2) is 36.4 Å². The molecule has 5 rings (SSSR count). The van der Waals surface area contributed by atoms with Crippen molar-refractivity contribution in [2.45, 2.75) is 57.8 Å². The first kappa shape index (κ1) is 23.6. The highest BCUT2D eigenvalue weighted by Gasteiger charge is 2.29. The summed E-state index contributed by atoms with van der Waals surface area (Å²) in [5.74, 6) is 0.670. The van der Waals surface area contributed by atoms with Gasteiger partial charge in [0.15, 0.2) is 0 Å². The second-order valence-corrected chi connectivity index (χ2v) is 10.4. The molecule has 1 aliphatic heterocycles. The molecule has 2 heterocycles. The van der Waals surface area contributed by atoms with Crippen LogP contribution in [0, 0.1) is 0 Å². The number of nitrogens with two attached hydrogens (primary N) is 1. The number of fused-ring (bicyclic) bond motifs is 1. The molecule has 0 saturated carbocycles. The van der Waals surface area contributed by atoms with Crippen molar-refractivity contribution in [1.29, 1.82) is 0 Å². The van der Waals surface area contributed by atoms with Gasteiger partial charge in [-0.1, -0.05) is 29.5 Å². The number of urea groups is 1. The van der Waals surface area contributed by atoms with Crippen LogP contribution in [-0.2, 0) is 6.42 Å². The number of aromatic nitrogens is 2. The van der Waals surface area contributed by atoms with Crippen molar-refractivity contribution in [3.8, 4) is 26.9 Å². The lowest BCUT2D eigenvalue weighted by atomic mass is 10.0. The molecular weight excluding hydrogens is 462 g/mol. The van der Waals surface area contributed by atoms with Crippen molar-refractivity contribution in [3.05, 3.63) is 47.5 Å². The van der Waals surface area contributed by atoms with Crippen LogP contribution in [-0.4, -0.2) is 51.5 Å². The number of hydrogen-bond donors (Lipinski definition) is 3. The maximum atomic E-state index is 12.8. The normalized spacial score (nSPS) is 18.1. The third-order valence-electron chi connectivity index (χ3n) is 6.59. The maximum absolute atomic E-state index is 12.8. The predicted octanol–water partition coefficient (Wildman–Crippen LogP) is 4.40. The van der Waals surface area contributed by atoms with Crippen LogP contribution in [0.1, 0.15) is 50.3 Å². The number of rotatable bonds is 5. The van der Waals surface area contributed by atoms with Gasteiger partial charge in [0.05, 0.1) is 23.9 Å². The average Bonchev–Trinajstić information content (AvgIpc) is 3.48. The van der Waals surface area contributed by atoms with E-state index in [4.69, 9.17) is 10.5 Å². The van der Waals surface area contributed by atoms with E-state index in [-0.39, 0.29) is 24.3 Å². The van der Waals surface area contributed by atoms with Crippen LogP contribution in [0.2, 0.25) is 0 Å². The molecule has 1 atom stereocenters. The van der Waals surface area contributed by atoms with Gasteiger partial charge >= 0.3 is 6.03 Å². The molecule has 1 saturated heterocycles. The van der Waals surface area contributed by atoms with Crippen LogP contribution in [0.3, 0.4) is 0 Å². The van der Waals surface area contributed by atoms with E-state index in [1.165, 1.54) is 16.9 Å². The van der Waals surface area contributed by atoms with Crippen molar-refractivity contribution in [2.75, 3.05) is 18.8 Å². The van der Waals surface area contributed by atoms with Crippen LogP contribution >= 0.6 is 11.3 Å². The summed E-state index contributed by atoms with van der Waals surface area (Å²) in [6.45, 7) is 5.12. The molecule has 2 aromatic carbocycles. The van der Waals surface area contributed by atoms with Gasteiger partial charge in [-0.3, -0.25) is 0 Å². The Labute approximate surface area is 209 Å². The van der Waals surface area contributed by atoms with Crippen molar-refractivity contribution in [2.24, 2.45) is 0 Å². The minimum absolute atomic E-state index is 0.0232. The van der Waals surface area contributed by atoms with Gasteiger partial charge in [0, 0.05) is 24.2 Å². The lowest BCUT2D eigenvalue weighted by molar-refractivity contribution is 0.0928. The SMILES string of the molecule is CC(C)Oc1ccc(-c2nnc(-c3cccc4c3CC[C@H]4NC(=O)N3CCC(O)CC3)s2)cc1N. The zero-order valence-corrected chi connectivity index (χ0v) is 20.8. The highest BCUT2D eigenvalue weighted by molar-refractivity contribution is 7.17. The van der Waals surface area contributed by atoms with Gasteiger partial charge in [-0.15, -0.1) is 10.2 Å². The van der Waals surface area contributed by atoms with Crippen molar-refractivity contribution < 1.29 is 14.6 Å². The second kappa shape index (κ2) is 9.83. The number of nitrogen functional groups attached to an aromatic ring is 1. The molecule has 4 N–H and O–H groups in total. The van der Waals surface area contributed by atoms with Gasteiger partial charge in [-0.05, 0) is 68.9 Å². The molecule has 2 aliphatic rings. The molecule has 0 spiro atoms. The summed E-state index contributed by atoms with van der Waals surface area (Å²) in [4.78, 5) is 14.6. The minimum atomic E-state index is -0.298. The zero-order chi connectivity index (χ0) is 24.5. The Morgan fingerprint density at radius 3 is 2.69 bits per heavy atom. The van der Waals surface area contributed by atoms with Gasteiger partial charge in [0.2, 0.25) is 0 Å². The lowest BCUT2D eigenvalue weighted by Gasteiger charge is -2.30. The number of aliphatic hydroxyl groups excluding tert-OH is 1. The van der Waals surface area contributed by atoms with Crippen LogP contribution in [0.4, 0.5) is 10.5 Å². The molecule has 2 amide bonds. The van der Waals surface area contributed by atoms with Crippen molar-refractivity contribution >= 4 is 23.1 Å². The number of benzene rings is 2. The van der Waals surface area contributed by atoms with E-state index in [1.807, 2.05) is 38.1 Å². The third kappa shape index (κ3) is 4.97. The molecule has 3 aromatic rings. The summed E-state index contributed by atoms with van der Waals surface area (Å²) in [6, 6.07) is 11.8. The zero-order valence-electron chi connectivity index (χ0n) is 20.0. The number of ether oxygens (including phenoxy) is 1. The summed E-state index contributed by atoms with van der Waals surface area (Å²) >= 11 is 1.53. The fraction of sp³-hybridized carbons (Fsp3) is 0.423. The molecule has 1 aliphatic carbocycles. The van der Waals surface area contributed by atoms with E-state index < -0.39 is 0 Å². The van der Waals surface area contributed by atoms with Gasteiger partial charge in [-0.2, -0.15) is 0 Å². The average molecular weight is 494 g/mol. The molecule has 184 valence electrons. The molecule has 0 radical (unpaired) electrons. The molecule has 35 heavy (non-hydrogen) atoms. The Balaban J connectivity index is 1.33. The standard InChI is InChI=1S/C26H31N5O3S/c1-15(2)34-23-9-6-16(14-21(23)27)24-29-30-25(35-24)20-5-3-4-19-18(20)7-8-22(19)28-26(33)31-12-10-17(32)11-13-31/h3-6,9,14-15,17,22,32H,7-8,10-13,27H2,1-2H3,(H,28,33)/t22-/m1/s1. The Bertz CT molecular complexity index is 1220. The van der Waals surface area contributed by atoms with Gasteiger partial charge in [0.25, 0.3) is 0 Å². The molecular formula is C26H31N5O3S. The highest BCUT2D eigenvalue weighted by atomic mass is 32.1. The molecule has 1 fully saturated rings. The fourth-order valence-electron chi connectivity index (χ4n) is 4.81. The molecule has 0 bridgehead atoms. The number of nitrogens with one attached hydrogen (secondary N) is 1. The number of likely N-dealkylation sites (tertiary alicyclic amines) is 1. The molecule has 8 nitrogen and oxygen atoms in total. The number of anilines is 1. The number of carbonyl (C=O) groups excluding carboxylic acids is 1. The summed E-state index contributed by atoms with van der Waals surface area (Å²) < 4.78 is 5.74. The van der Waals surface area contributed by atoms with E-state index >= 15 is 0 Å². The van der Waals surface area contributed by atoms with Gasteiger partial charge < -0.3 is 25.8 Å². The Morgan fingerprint density at radius 2 is 1.94 bits per heavy atom. The first-order valence-corrected chi connectivity index (χ1v) is 13.0. The number of piperidine rings is 1. The summed E-state index contributed by atoms with van der Waals surface area (Å²) in [7, 11) is 0. The minimum Gasteiger partial charge on any atom is -0.489 e. The van der Waals surface area contributed by atoms with E-state index in [1.54, 1.807) is 4.90 Å². The largest absolute Gasteiger partial charge is 0.489 e. The van der Waals surface area contributed by atoms with Crippen molar-refractivity contribution in [3.63, 3.8) is 0 Å². The summed E-state index contributed by atoms with van der Waals surface area (Å²) in [5.41, 5.74) is 11.1. The quantitative estimate of drug-likeness (QED) is 0.454. The Morgan fingerprint density at radius 1 is 1.17 bits per heavy atom. The number of hydrogen-bond acceptors (Lipinski definition) is 7. The van der Waals surface area contributed by atoms with E-state index in [2.05, 4.69) is 27.6 Å². The smallest absolute Gasteiger partial charge is 0.317 e. The van der Waals surface area contributed by atoms with E-state index in [0.29, 0.717) is 37.4 Å². The monoisotopic (exact) mass is 493 g/mol. The predicted molar refractivity (Wildman–Crippen MR) is 137 cm³/mol. The number of amides is 2. The van der Waals surface area contributed by atoms with Gasteiger partial charge in [0.1, 0.15) is 15.8 Å². The number of aliphatic hydroxyl groups is 1. The second-order valence-electron chi connectivity index (χ2n) is 9.46. The fourth-order valence-corrected chi connectivity index (χ4v) is 5.70. The molecule has 9 heteroatoms. The highest BCUT2D eigenvalue weighted by Crippen LogP contribution is 2.40. The van der Waals surface area contributed by atoms with E-state index in [0.717, 1.165) is 39.5 Å². The van der Waals surface area contributed by atoms with Gasteiger partial charge in [-0.25, -0.2) is 4.79 Å². The maximum Gasteiger partial charge on any atom is 0.317 e. The number of nitrogens with zero attached hydrogens (tertiary/aromatic N) is 3. The van der Waals surface area contributed by atoms with Crippen LogP contribution in [0.5, 0.6) is 5.75 Å². The summed E-state index contributed by atoms with van der Waals surface area (Å²) in [6.07, 6.45) is 2.76.